The Balaban J connectivity index is 2.48. The first-order valence-corrected chi connectivity index (χ1v) is 6.63. The first kappa shape index (κ1) is 12.7. The molecule has 1 amide bonds. The van der Waals surface area contributed by atoms with Gasteiger partial charge in [-0.15, -0.1) is 11.3 Å². The SMILES string of the molecule is CC(C)CC(=O)N(C)Cc1csc(Br)c1. The second-order valence-electron chi connectivity index (χ2n) is 4.11. The van der Waals surface area contributed by atoms with E-state index in [-0.39, 0.29) is 5.91 Å². The molecule has 0 radical (unpaired) electrons. The normalized spacial score (nSPS) is 10.7. The molecule has 1 aromatic rings. The summed E-state index contributed by atoms with van der Waals surface area (Å²) in [6.45, 7) is 4.83. The zero-order chi connectivity index (χ0) is 11.4. The van der Waals surface area contributed by atoms with E-state index in [2.05, 4.69) is 41.2 Å². The topological polar surface area (TPSA) is 20.3 Å². The number of thiophene rings is 1. The van der Waals surface area contributed by atoms with Gasteiger partial charge < -0.3 is 4.90 Å². The fraction of sp³-hybridized carbons (Fsp3) is 0.545. The maximum atomic E-state index is 11.7. The third-order valence-electron chi connectivity index (χ3n) is 2.05. The molecule has 15 heavy (non-hydrogen) atoms. The number of halogens is 1. The van der Waals surface area contributed by atoms with Crippen LogP contribution in [-0.4, -0.2) is 17.9 Å². The molecule has 0 fully saturated rings. The van der Waals surface area contributed by atoms with Crippen LogP contribution in [0.25, 0.3) is 0 Å². The Labute approximate surface area is 103 Å². The lowest BCUT2D eigenvalue weighted by Gasteiger charge is -2.17. The van der Waals surface area contributed by atoms with Crippen molar-refractivity contribution in [3.05, 3.63) is 20.8 Å². The fourth-order valence-corrected chi connectivity index (χ4v) is 2.50. The molecular weight excluding hydrogens is 274 g/mol. The minimum absolute atomic E-state index is 0.215. The molecule has 2 nitrogen and oxygen atoms in total. The molecule has 0 saturated heterocycles. The van der Waals surface area contributed by atoms with E-state index in [1.165, 1.54) is 5.56 Å². The Morgan fingerprint density at radius 2 is 2.27 bits per heavy atom. The Kier molecular flexibility index (Phi) is 4.80. The first-order chi connectivity index (χ1) is 6.99. The fourth-order valence-electron chi connectivity index (χ4n) is 1.30. The lowest BCUT2D eigenvalue weighted by atomic mass is 10.1. The van der Waals surface area contributed by atoms with Gasteiger partial charge in [-0.1, -0.05) is 13.8 Å². The van der Waals surface area contributed by atoms with E-state index >= 15 is 0 Å². The molecule has 0 unspecified atom stereocenters. The van der Waals surface area contributed by atoms with Gasteiger partial charge in [-0.2, -0.15) is 0 Å². The lowest BCUT2D eigenvalue weighted by Crippen LogP contribution is -2.26. The molecule has 0 saturated carbocycles. The molecule has 1 aromatic heterocycles. The van der Waals surface area contributed by atoms with Crippen LogP contribution in [-0.2, 0) is 11.3 Å². The molecule has 1 rings (SSSR count). The number of carbonyl (C=O) groups is 1. The van der Waals surface area contributed by atoms with Crippen LogP contribution in [0.5, 0.6) is 0 Å². The van der Waals surface area contributed by atoms with E-state index in [1.54, 1.807) is 16.2 Å². The van der Waals surface area contributed by atoms with Crippen LogP contribution in [0.4, 0.5) is 0 Å². The van der Waals surface area contributed by atoms with Gasteiger partial charge in [-0.25, -0.2) is 0 Å². The summed E-state index contributed by atoms with van der Waals surface area (Å²) >= 11 is 5.07. The van der Waals surface area contributed by atoms with Crippen molar-refractivity contribution < 1.29 is 4.79 Å². The van der Waals surface area contributed by atoms with Gasteiger partial charge >= 0.3 is 0 Å². The largest absolute Gasteiger partial charge is 0.341 e. The van der Waals surface area contributed by atoms with Crippen molar-refractivity contribution in [3.63, 3.8) is 0 Å². The maximum absolute atomic E-state index is 11.7. The number of carbonyl (C=O) groups excluding carboxylic acids is 1. The molecular formula is C11H16BrNOS. The number of nitrogens with zero attached hydrogens (tertiary/aromatic N) is 1. The smallest absolute Gasteiger partial charge is 0.222 e. The Bertz CT molecular complexity index is 335. The van der Waals surface area contributed by atoms with E-state index in [1.807, 2.05) is 7.05 Å². The van der Waals surface area contributed by atoms with Crippen LogP contribution in [0, 0.1) is 5.92 Å². The van der Waals surface area contributed by atoms with Crippen molar-refractivity contribution in [2.24, 2.45) is 5.92 Å². The van der Waals surface area contributed by atoms with E-state index in [0.29, 0.717) is 18.9 Å². The summed E-state index contributed by atoms with van der Waals surface area (Å²) in [5.41, 5.74) is 1.19. The Morgan fingerprint density at radius 3 is 2.73 bits per heavy atom. The van der Waals surface area contributed by atoms with Crippen molar-refractivity contribution in [2.45, 2.75) is 26.8 Å². The molecule has 0 aliphatic heterocycles. The molecule has 4 heteroatoms. The highest BCUT2D eigenvalue weighted by molar-refractivity contribution is 9.11. The van der Waals surface area contributed by atoms with Crippen molar-refractivity contribution in [1.29, 1.82) is 0 Å². The molecule has 0 N–H and O–H groups in total. The average molecular weight is 290 g/mol. The number of hydrogen-bond donors (Lipinski definition) is 0. The summed E-state index contributed by atoms with van der Waals surface area (Å²) in [7, 11) is 1.86. The van der Waals surface area contributed by atoms with Crippen molar-refractivity contribution >= 4 is 33.2 Å². The second-order valence-corrected chi connectivity index (χ2v) is 6.40. The first-order valence-electron chi connectivity index (χ1n) is 4.96. The summed E-state index contributed by atoms with van der Waals surface area (Å²) < 4.78 is 1.11. The number of hydrogen-bond acceptors (Lipinski definition) is 2. The van der Waals surface area contributed by atoms with Gasteiger partial charge in [0.05, 0.1) is 3.79 Å². The number of rotatable bonds is 4. The molecule has 84 valence electrons. The van der Waals surface area contributed by atoms with Gasteiger partial charge in [0.15, 0.2) is 0 Å². The molecule has 0 atom stereocenters. The van der Waals surface area contributed by atoms with Gasteiger partial charge in [0.25, 0.3) is 0 Å². The monoisotopic (exact) mass is 289 g/mol. The molecule has 0 aliphatic carbocycles. The Hall–Kier alpha value is -0.350. The van der Waals surface area contributed by atoms with E-state index < -0.39 is 0 Å². The van der Waals surface area contributed by atoms with Gasteiger partial charge in [0.1, 0.15) is 0 Å². The van der Waals surface area contributed by atoms with E-state index in [0.717, 1.165) is 3.79 Å². The van der Waals surface area contributed by atoms with Crippen LogP contribution in [0.1, 0.15) is 25.8 Å². The van der Waals surface area contributed by atoms with Gasteiger partial charge in [-0.05, 0) is 38.9 Å². The molecule has 0 aliphatic rings. The zero-order valence-corrected chi connectivity index (χ0v) is 11.7. The predicted molar refractivity (Wildman–Crippen MR) is 67.9 cm³/mol. The van der Waals surface area contributed by atoms with Crippen LogP contribution in [0.15, 0.2) is 15.2 Å². The molecule has 0 spiro atoms. The molecule has 0 aromatic carbocycles. The van der Waals surface area contributed by atoms with E-state index in [4.69, 9.17) is 0 Å². The molecule has 1 heterocycles. The van der Waals surface area contributed by atoms with Crippen LogP contribution in [0.2, 0.25) is 0 Å². The van der Waals surface area contributed by atoms with Crippen molar-refractivity contribution in [1.82, 2.24) is 4.90 Å². The predicted octanol–water partition coefficient (Wildman–Crippen LogP) is 3.52. The highest BCUT2D eigenvalue weighted by Gasteiger charge is 2.11. The third-order valence-corrected chi connectivity index (χ3v) is 3.60. The van der Waals surface area contributed by atoms with Crippen LogP contribution >= 0.6 is 27.3 Å². The summed E-state index contributed by atoms with van der Waals surface area (Å²) in [5, 5.41) is 2.07. The van der Waals surface area contributed by atoms with Crippen LogP contribution < -0.4 is 0 Å². The standard InChI is InChI=1S/C11H16BrNOS/c1-8(2)4-11(14)13(3)6-9-5-10(12)15-7-9/h5,7-8H,4,6H2,1-3H3. The van der Waals surface area contributed by atoms with Crippen molar-refractivity contribution in [3.8, 4) is 0 Å². The second kappa shape index (κ2) is 5.66. The quantitative estimate of drug-likeness (QED) is 0.831. The van der Waals surface area contributed by atoms with E-state index in [9.17, 15) is 4.79 Å². The highest BCUT2D eigenvalue weighted by Crippen LogP contribution is 2.21. The average Bonchev–Trinajstić information content (AvgIpc) is 2.50. The summed E-state index contributed by atoms with van der Waals surface area (Å²) in [5.74, 6) is 0.640. The summed E-state index contributed by atoms with van der Waals surface area (Å²) in [6, 6.07) is 2.06. The Morgan fingerprint density at radius 1 is 1.60 bits per heavy atom. The highest BCUT2D eigenvalue weighted by atomic mass is 79.9. The lowest BCUT2D eigenvalue weighted by molar-refractivity contribution is -0.131. The molecule has 0 bridgehead atoms. The van der Waals surface area contributed by atoms with Crippen LogP contribution in [0.3, 0.4) is 0 Å². The van der Waals surface area contributed by atoms with Crippen molar-refractivity contribution in [2.75, 3.05) is 7.05 Å². The minimum atomic E-state index is 0.215. The maximum Gasteiger partial charge on any atom is 0.222 e. The minimum Gasteiger partial charge on any atom is -0.341 e. The summed E-state index contributed by atoms with van der Waals surface area (Å²) in [4.78, 5) is 13.5. The summed E-state index contributed by atoms with van der Waals surface area (Å²) in [6.07, 6.45) is 0.627. The van der Waals surface area contributed by atoms with Gasteiger partial charge in [-0.3, -0.25) is 4.79 Å². The third kappa shape index (κ3) is 4.34. The number of amides is 1. The van der Waals surface area contributed by atoms with Gasteiger partial charge in [0.2, 0.25) is 5.91 Å². The zero-order valence-electron chi connectivity index (χ0n) is 9.29. The van der Waals surface area contributed by atoms with Gasteiger partial charge in [0, 0.05) is 20.0 Å².